The van der Waals surface area contributed by atoms with Gasteiger partial charge in [0.1, 0.15) is 5.65 Å². The number of carbonyl (C=O) groups is 1. The Morgan fingerprint density at radius 2 is 1.89 bits per heavy atom. The molecule has 4 nitrogen and oxygen atoms in total. The maximum atomic E-state index is 13.2. The predicted octanol–water partition coefficient (Wildman–Crippen LogP) is 5.21. The zero-order chi connectivity index (χ0) is 19.6. The molecule has 1 aliphatic carbocycles. The third kappa shape index (κ3) is 4.04. The zero-order valence-corrected chi connectivity index (χ0v) is 17.7. The Bertz CT molecular complexity index is 783. The van der Waals surface area contributed by atoms with Crippen LogP contribution in [0.4, 0.5) is 0 Å². The van der Waals surface area contributed by atoms with Gasteiger partial charge in [-0.05, 0) is 56.4 Å². The number of fused-ring (bicyclic) bond motifs is 1. The molecule has 1 aliphatic rings. The van der Waals surface area contributed by atoms with Gasteiger partial charge in [0.25, 0.3) is 5.91 Å². The Kier molecular flexibility index (Phi) is 5.92. The van der Waals surface area contributed by atoms with Crippen molar-refractivity contribution in [2.75, 3.05) is 13.1 Å². The van der Waals surface area contributed by atoms with E-state index < -0.39 is 0 Å². The number of hydrogen-bond donors (Lipinski definition) is 0. The minimum absolute atomic E-state index is 0.142. The van der Waals surface area contributed by atoms with E-state index in [-0.39, 0.29) is 5.91 Å². The van der Waals surface area contributed by atoms with Crippen molar-refractivity contribution in [3.05, 3.63) is 35.8 Å². The Morgan fingerprint density at radius 3 is 2.56 bits per heavy atom. The van der Waals surface area contributed by atoms with E-state index in [4.69, 9.17) is 0 Å². The summed E-state index contributed by atoms with van der Waals surface area (Å²) in [4.78, 5) is 19.7. The smallest absolute Gasteiger partial charge is 0.254 e. The molecule has 148 valence electrons. The molecule has 1 saturated carbocycles. The largest absolute Gasteiger partial charge is 0.339 e. The second-order valence-corrected chi connectivity index (χ2v) is 9.06. The van der Waals surface area contributed by atoms with Gasteiger partial charge in [-0.1, -0.05) is 33.6 Å². The summed E-state index contributed by atoms with van der Waals surface area (Å²) in [5, 5.41) is 0. The number of nitrogens with zero attached hydrogens (tertiary/aromatic N) is 3. The molecule has 0 spiro atoms. The Hall–Kier alpha value is -1.84. The van der Waals surface area contributed by atoms with Gasteiger partial charge in [0, 0.05) is 42.8 Å². The fourth-order valence-electron chi connectivity index (χ4n) is 4.98. The van der Waals surface area contributed by atoms with Gasteiger partial charge < -0.3 is 9.30 Å². The van der Waals surface area contributed by atoms with E-state index in [2.05, 4.69) is 30.2 Å². The molecule has 0 aliphatic heterocycles. The first-order valence-electron chi connectivity index (χ1n) is 10.6. The summed E-state index contributed by atoms with van der Waals surface area (Å²) in [6, 6.07) is 2.00. The summed E-state index contributed by atoms with van der Waals surface area (Å²) in [5.41, 5.74) is 3.23. The van der Waals surface area contributed by atoms with Crippen LogP contribution in [0.25, 0.3) is 5.65 Å². The topological polar surface area (TPSA) is 37.6 Å². The molecular weight excluding hydrogens is 334 g/mol. The normalized spacial score (nSPS) is 20.8. The molecule has 27 heavy (non-hydrogen) atoms. The first-order valence-corrected chi connectivity index (χ1v) is 10.6. The molecule has 1 fully saturated rings. The number of pyridine rings is 1. The SMILES string of the molecule is CCN(CC)C(=O)c1ccn2ccnc2c1CC1CCCCC1C(C)(C)C. The summed E-state index contributed by atoms with van der Waals surface area (Å²) < 4.78 is 2.06. The molecule has 0 saturated heterocycles. The van der Waals surface area contributed by atoms with Gasteiger partial charge in [-0.15, -0.1) is 0 Å². The number of hydrogen-bond acceptors (Lipinski definition) is 2. The molecule has 2 atom stereocenters. The monoisotopic (exact) mass is 369 g/mol. The Labute approximate surface area is 164 Å². The molecular formula is C23H35N3O. The molecule has 0 N–H and O–H groups in total. The van der Waals surface area contributed by atoms with E-state index in [1.165, 1.54) is 25.7 Å². The van der Waals surface area contributed by atoms with Gasteiger partial charge in [-0.25, -0.2) is 4.98 Å². The van der Waals surface area contributed by atoms with Crippen LogP contribution in [0, 0.1) is 17.3 Å². The Morgan fingerprint density at radius 1 is 1.19 bits per heavy atom. The molecule has 3 rings (SSSR count). The Balaban J connectivity index is 2.02. The van der Waals surface area contributed by atoms with Crippen molar-refractivity contribution in [3.63, 3.8) is 0 Å². The van der Waals surface area contributed by atoms with Crippen LogP contribution in [-0.2, 0) is 6.42 Å². The molecule has 2 aromatic rings. The number of imidazole rings is 1. The fraction of sp³-hybridized carbons (Fsp3) is 0.652. The highest BCUT2D eigenvalue weighted by atomic mass is 16.2. The number of amides is 1. The number of carbonyl (C=O) groups excluding carboxylic acids is 1. The molecule has 0 radical (unpaired) electrons. The lowest BCUT2D eigenvalue weighted by atomic mass is 9.65. The summed E-state index contributed by atoms with van der Waals surface area (Å²) in [5.74, 6) is 1.45. The quantitative estimate of drug-likeness (QED) is 0.725. The van der Waals surface area contributed by atoms with E-state index in [9.17, 15) is 4.79 Å². The summed E-state index contributed by atoms with van der Waals surface area (Å²) in [7, 11) is 0. The third-order valence-electron chi connectivity index (χ3n) is 6.43. The van der Waals surface area contributed by atoms with Crippen molar-refractivity contribution in [1.29, 1.82) is 0 Å². The molecule has 1 amide bonds. The van der Waals surface area contributed by atoms with E-state index in [0.29, 0.717) is 17.3 Å². The third-order valence-corrected chi connectivity index (χ3v) is 6.43. The lowest BCUT2D eigenvalue weighted by Gasteiger charge is -2.41. The second-order valence-electron chi connectivity index (χ2n) is 9.06. The fourth-order valence-corrected chi connectivity index (χ4v) is 4.98. The summed E-state index contributed by atoms with van der Waals surface area (Å²) >= 11 is 0. The standard InChI is InChI=1S/C23H35N3O/c1-6-25(7-2)22(27)18-12-14-26-15-13-24-21(26)19(18)16-17-10-8-9-11-20(17)23(3,4)5/h12-15,17,20H,6-11,16H2,1-5H3. The first kappa shape index (κ1) is 19.9. The van der Waals surface area contributed by atoms with Gasteiger partial charge >= 0.3 is 0 Å². The summed E-state index contributed by atoms with van der Waals surface area (Å²) in [6.45, 7) is 12.7. The molecule has 0 aromatic carbocycles. The van der Waals surface area contributed by atoms with Crippen LogP contribution in [-0.4, -0.2) is 33.3 Å². The van der Waals surface area contributed by atoms with E-state index in [1.54, 1.807) is 0 Å². The maximum absolute atomic E-state index is 13.2. The molecule has 4 heteroatoms. The average molecular weight is 370 g/mol. The van der Waals surface area contributed by atoms with Crippen molar-refractivity contribution in [3.8, 4) is 0 Å². The van der Waals surface area contributed by atoms with Gasteiger partial charge in [0.15, 0.2) is 0 Å². The maximum Gasteiger partial charge on any atom is 0.254 e. The van der Waals surface area contributed by atoms with Crippen molar-refractivity contribution in [2.24, 2.45) is 17.3 Å². The predicted molar refractivity (Wildman–Crippen MR) is 111 cm³/mol. The van der Waals surface area contributed by atoms with Gasteiger partial charge in [0.05, 0.1) is 0 Å². The molecule has 0 bridgehead atoms. The van der Waals surface area contributed by atoms with E-state index in [1.807, 2.05) is 43.4 Å². The van der Waals surface area contributed by atoms with Crippen LogP contribution in [0.2, 0.25) is 0 Å². The van der Waals surface area contributed by atoms with Crippen molar-refractivity contribution in [1.82, 2.24) is 14.3 Å². The van der Waals surface area contributed by atoms with Gasteiger partial charge in [-0.2, -0.15) is 0 Å². The summed E-state index contributed by atoms with van der Waals surface area (Å²) in [6.07, 6.45) is 11.9. The van der Waals surface area contributed by atoms with Crippen LogP contribution >= 0.6 is 0 Å². The zero-order valence-electron chi connectivity index (χ0n) is 17.7. The van der Waals surface area contributed by atoms with Crippen molar-refractivity contribution in [2.45, 2.75) is 66.7 Å². The van der Waals surface area contributed by atoms with Crippen molar-refractivity contribution < 1.29 is 4.79 Å². The van der Waals surface area contributed by atoms with Gasteiger partial charge in [-0.3, -0.25) is 4.79 Å². The van der Waals surface area contributed by atoms with E-state index >= 15 is 0 Å². The van der Waals surface area contributed by atoms with E-state index in [0.717, 1.165) is 36.3 Å². The highest BCUT2D eigenvalue weighted by molar-refractivity contribution is 5.97. The average Bonchev–Trinajstić information content (AvgIpc) is 3.11. The first-order chi connectivity index (χ1) is 12.9. The second kappa shape index (κ2) is 8.04. The van der Waals surface area contributed by atoms with Crippen LogP contribution in [0.3, 0.4) is 0 Å². The molecule has 2 aromatic heterocycles. The highest BCUT2D eigenvalue weighted by Gasteiger charge is 2.35. The molecule has 2 heterocycles. The van der Waals surface area contributed by atoms with Crippen LogP contribution in [0.15, 0.2) is 24.7 Å². The van der Waals surface area contributed by atoms with Crippen molar-refractivity contribution >= 4 is 11.6 Å². The number of aromatic nitrogens is 2. The lowest BCUT2D eigenvalue weighted by molar-refractivity contribution is 0.0769. The minimum atomic E-state index is 0.142. The number of rotatable bonds is 5. The van der Waals surface area contributed by atoms with Crippen LogP contribution in [0.5, 0.6) is 0 Å². The van der Waals surface area contributed by atoms with Gasteiger partial charge in [0.2, 0.25) is 0 Å². The minimum Gasteiger partial charge on any atom is -0.339 e. The highest BCUT2D eigenvalue weighted by Crippen LogP contribution is 2.43. The van der Waals surface area contributed by atoms with Crippen LogP contribution < -0.4 is 0 Å². The molecule has 2 unspecified atom stereocenters. The van der Waals surface area contributed by atoms with Crippen LogP contribution in [0.1, 0.15) is 76.2 Å². The lowest BCUT2D eigenvalue weighted by Crippen LogP contribution is -2.34.